The Morgan fingerprint density at radius 1 is 1.16 bits per heavy atom. The van der Waals surface area contributed by atoms with Gasteiger partial charge in [0.25, 0.3) is 0 Å². The third-order valence-electron chi connectivity index (χ3n) is 4.53. The maximum Gasteiger partial charge on any atom is 0.161 e. The van der Waals surface area contributed by atoms with Crippen molar-refractivity contribution >= 4 is 11.5 Å². The Morgan fingerprint density at radius 2 is 1.92 bits per heavy atom. The van der Waals surface area contributed by atoms with Crippen LogP contribution in [0.5, 0.6) is 11.5 Å². The molecule has 134 valence electrons. The third-order valence-corrected chi connectivity index (χ3v) is 4.53. The molecule has 1 aromatic heterocycles. The second kappa shape index (κ2) is 7.59. The number of aromatic nitrogens is 2. The van der Waals surface area contributed by atoms with Crippen LogP contribution in [-0.2, 0) is 6.54 Å². The predicted octanol–water partition coefficient (Wildman–Crippen LogP) is 3.62. The molecule has 0 aliphatic heterocycles. The number of nitrogen functional groups attached to an aromatic ring is 1. The number of benzene rings is 1. The summed E-state index contributed by atoms with van der Waals surface area (Å²) < 4.78 is 11.6. The molecule has 0 unspecified atom stereocenters. The van der Waals surface area contributed by atoms with Crippen LogP contribution in [0.3, 0.4) is 0 Å². The zero-order valence-corrected chi connectivity index (χ0v) is 15.1. The first-order valence-corrected chi connectivity index (χ1v) is 8.75. The summed E-state index contributed by atoms with van der Waals surface area (Å²) in [5, 5.41) is 3.30. The molecule has 6 heteroatoms. The van der Waals surface area contributed by atoms with Gasteiger partial charge in [0, 0.05) is 6.54 Å². The number of hydrogen-bond donors (Lipinski definition) is 2. The lowest BCUT2D eigenvalue weighted by atomic mass is 10.2. The van der Waals surface area contributed by atoms with Gasteiger partial charge >= 0.3 is 0 Å². The van der Waals surface area contributed by atoms with E-state index in [1.165, 1.54) is 12.8 Å². The van der Waals surface area contributed by atoms with Gasteiger partial charge in [0.2, 0.25) is 0 Å². The molecule has 6 nitrogen and oxygen atoms in total. The van der Waals surface area contributed by atoms with Crippen molar-refractivity contribution in [1.29, 1.82) is 0 Å². The highest BCUT2D eigenvalue weighted by Crippen LogP contribution is 2.32. The van der Waals surface area contributed by atoms with Crippen molar-refractivity contribution in [1.82, 2.24) is 9.97 Å². The van der Waals surface area contributed by atoms with Crippen LogP contribution in [0.2, 0.25) is 0 Å². The van der Waals surface area contributed by atoms with Crippen molar-refractivity contribution < 1.29 is 9.47 Å². The first-order chi connectivity index (χ1) is 12.1. The molecule has 3 N–H and O–H groups in total. The first kappa shape index (κ1) is 17.3. The number of nitrogens with zero attached hydrogens (tertiary/aromatic N) is 2. The SMILES string of the molecule is COc1ccc(CNc2nc(C)nc(C)c2N)cc1OC1CCCC1. The molecule has 1 aliphatic carbocycles. The number of anilines is 2. The molecule has 0 spiro atoms. The van der Waals surface area contributed by atoms with E-state index in [0.717, 1.165) is 35.6 Å². The number of ether oxygens (including phenoxy) is 2. The third kappa shape index (κ3) is 4.13. The Morgan fingerprint density at radius 3 is 2.64 bits per heavy atom. The fourth-order valence-corrected chi connectivity index (χ4v) is 3.15. The van der Waals surface area contributed by atoms with Crippen LogP contribution in [0.25, 0.3) is 0 Å². The molecular weight excluding hydrogens is 316 g/mol. The van der Waals surface area contributed by atoms with Crippen LogP contribution < -0.4 is 20.5 Å². The maximum absolute atomic E-state index is 6.15. The molecule has 25 heavy (non-hydrogen) atoms. The fraction of sp³-hybridized carbons (Fsp3) is 0.474. The molecule has 3 rings (SSSR count). The topological polar surface area (TPSA) is 82.3 Å². The summed E-state index contributed by atoms with van der Waals surface area (Å²) in [5.74, 6) is 2.94. The monoisotopic (exact) mass is 342 g/mol. The Balaban J connectivity index is 1.74. The van der Waals surface area contributed by atoms with Crippen molar-refractivity contribution in [2.45, 2.75) is 52.2 Å². The number of nitrogens with two attached hydrogens (primary N) is 1. The van der Waals surface area contributed by atoms with Gasteiger partial charge in [-0.2, -0.15) is 0 Å². The van der Waals surface area contributed by atoms with Gasteiger partial charge in [0.05, 0.1) is 24.6 Å². The Hall–Kier alpha value is -2.50. The second-order valence-corrected chi connectivity index (χ2v) is 6.48. The van der Waals surface area contributed by atoms with Crippen molar-refractivity contribution in [2.75, 3.05) is 18.2 Å². The van der Waals surface area contributed by atoms with E-state index in [1.54, 1.807) is 7.11 Å². The van der Waals surface area contributed by atoms with E-state index in [1.807, 2.05) is 32.0 Å². The zero-order chi connectivity index (χ0) is 17.8. The summed E-state index contributed by atoms with van der Waals surface area (Å²) in [6.45, 7) is 4.35. The number of rotatable bonds is 6. The van der Waals surface area contributed by atoms with E-state index >= 15 is 0 Å². The average Bonchev–Trinajstić information content (AvgIpc) is 3.10. The smallest absolute Gasteiger partial charge is 0.161 e. The first-order valence-electron chi connectivity index (χ1n) is 8.75. The van der Waals surface area contributed by atoms with E-state index in [0.29, 0.717) is 30.0 Å². The van der Waals surface area contributed by atoms with Crippen molar-refractivity contribution in [3.8, 4) is 11.5 Å². The quantitative estimate of drug-likeness (QED) is 0.834. The molecule has 0 atom stereocenters. The van der Waals surface area contributed by atoms with Gasteiger partial charge < -0.3 is 20.5 Å². The highest BCUT2D eigenvalue weighted by molar-refractivity contribution is 5.63. The van der Waals surface area contributed by atoms with Crippen LogP contribution >= 0.6 is 0 Å². The number of hydrogen-bond acceptors (Lipinski definition) is 6. The normalized spacial score (nSPS) is 14.5. The second-order valence-electron chi connectivity index (χ2n) is 6.48. The van der Waals surface area contributed by atoms with Gasteiger partial charge in [-0.1, -0.05) is 6.07 Å². The summed E-state index contributed by atoms with van der Waals surface area (Å²) in [6.07, 6.45) is 4.99. The van der Waals surface area contributed by atoms with Gasteiger partial charge in [-0.3, -0.25) is 0 Å². The van der Waals surface area contributed by atoms with E-state index < -0.39 is 0 Å². The van der Waals surface area contributed by atoms with Gasteiger partial charge in [0.15, 0.2) is 17.3 Å². The number of nitrogens with one attached hydrogen (secondary N) is 1. The van der Waals surface area contributed by atoms with Gasteiger partial charge in [0.1, 0.15) is 5.82 Å². The van der Waals surface area contributed by atoms with Gasteiger partial charge in [-0.25, -0.2) is 9.97 Å². The van der Waals surface area contributed by atoms with Crippen LogP contribution in [0.15, 0.2) is 18.2 Å². The molecule has 2 aromatic rings. The van der Waals surface area contributed by atoms with Gasteiger partial charge in [-0.15, -0.1) is 0 Å². The molecule has 0 amide bonds. The average molecular weight is 342 g/mol. The van der Waals surface area contributed by atoms with Crippen molar-refractivity contribution in [2.24, 2.45) is 0 Å². The van der Waals surface area contributed by atoms with Crippen LogP contribution in [0.4, 0.5) is 11.5 Å². The summed E-state index contributed by atoms with van der Waals surface area (Å²) in [5.41, 5.74) is 8.52. The summed E-state index contributed by atoms with van der Waals surface area (Å²) in [4.78, 5) is 8.66. The minimum absolute atomic E-state index is 0.292. The fourth-order valence-electron chi connectivity index (χ4n) is 3.15. The Bertz CT molecular complexity index is 742. The lowest BCUT2D eigenvalue weighted by Gasteiger charge is -2.17. The molecule has 1 aliphatic rings. The molecular formula is C19H26N4O2. The largest absolute Gasteiger partial charge is 0.493 e. The molecule has 1 saturated carbocycles. The molecule has 1 aromatic carbocycles. The van der Waals surface area contributed by atoms with Gasteiger partial charge in [-0.05, 0) is 57.2 Å². The van der Waals surface area contributed by atoms with Crippen LogP contribution in [0.1, 0.15) is 42.8 Å². The Labute approximate surface area is 148 Å². The summed E-state index contributed by atoms with van der Waals surface area (Å²) in [6, 6.07) is 5.99. The van der Waals surface area contributed by atoms with E-state index in [9.17, 15) is 0 Å². The number of aryl methyl sites for hydroxylation is 2. The molecule has 0 radical (unpaired) electrons. The lowest BCUT2D eigenvalue weighted by molar-refractivity contribution is 0.200. The Kier molecular flexibility index (Phi) is 5.26. The standard InChI is InChI=1S/C19H26N4O2/c1-12-18(20)19(23-13(2)22-12)21-11-14-8-9-16(24-3)17(10-14)25-15-6-4-5-7-15/h8-10,15H,4-7,11,20H2,1-3H3,(H,21,22,23). The zero-order valence-electron chi connectivity index (χ0n) is 15.1. The predicted molar refractivity (Wildman–Crippen MR) is 99.1 cm³/mol. The van der Waals surface area contributed by atoms with Crippen LogP contribution in [0, 0.1) is 13.8 Å². The minimum atomic E-state index is 0.292. The molecule has 0 saturated heterocycles. The highest BCUT2D eigenvalue weighted by Gasteiger charge is 2.18. The molecule has 0 bridgehead atoms. The van der Waals surface area contributed by atoms with E-state index in [4.69, 9.17) is 15.2 Å². The van der Waals surface area contributed by atoms with Crippen molar-refractivity contribution in [3.05, 3.63) is 35.3 Å². The van der Waals surface area contributed by atoms with Crippen LogP contribution in [-0.4, -0.2) is 23.2 Å². The highest BCUT2D eigenvalue weighted by atomic mass is 16.5. The summed E-state index contributed by atoms with van der Waals surface area (Å²) in [7, 11) is 1.67. The maximum atomic E-state index is 6.15. The minimum Gasteiger partial charge on any atom is -0.493 e. The molecule has 1 fully saturated rings. The lowest BCUT2D eigenvalue weighted by Crippen LogP contribution is -2.12. The number of methoxy groups -OCH3 is 1. The van der Waals surface area contributed by atoms with E-state index in [-0.39, 0.29) is 0 Å². The van der Waals surface area contributed by atoms with E-state index in [2.05, 4.69) is 15.3 Å². The van der Waals surface area contributed by atoms with Crippen molar-refractivity contribution in [3.63, 3.8) is 0 Å². The summed E-state index contributed by atoms with van der Waals surface area (Å²) >= 11 is 0. The molecule has 1 heterocycles.